The van der Waals surface area contributed by atoms with Crippen molar-refractivity contribution in [2.24, 2.45) is 0 Å². The second kappa shape index (κ2) is 10.5. The lowest BCUT2D eigenvalue weighted by molar-refractivity contribution is -0.139. The minimum absolute atomic E-state index is 0.0800. The summed E-state index contributed by atoms with van der Waals surface area (Å²) in [6, 6.07) is 33.1. The maximum absolute atomic E-state index is 12.6. The Morgan fingerprint density at radius 3 is 1.86 bits per heavy atom. The molecule has 4 aromatic rings. The van der Waals surface area contributed by atoms with Gasteiger partial charge in [-0.15, -0.1) is 0 Å². The molecule has 0 unspecified atom stereocenters. The Kier molecular flexibility index (Phi) is 6.80. The number of benzene rings is 4. The van der Waals surface area contributed by atoms with Gasteiger partial charge in [0, 0.05) is 12.3 Å². The first-order chi connectivity index (χ1) is 17.6. The topological polar surface area (TPSA) is 75.6 Å². The van der Waals surface area contributed by atoms with Gasteiger partial charge in [-0.25, -0.2) is 9.59 Å². The van der Waals surface area contributed by atoms with Crippen LogP contribution in [-0.2, 0) is 22.4 Å². The smallest absolute Gasteiger partial charge is 0.407 e. The minimum Gasteiger partial charge on any atom is -0.480 e. The number of amides is 1. The van der Waals surface area contributed by atoms with Crippen LogP contribution in [-0.4, -0.2) is 29.8 Å². The molecule has 1 aliphatic rings. The third-order valence-electron chi connectivity index (χ3n) is 6.65. The molecule has 5 nitrogen and oxygen atoms in total. The van der Waals surface area contributed by atoms with Crippen LogP contribution in [0.3, 0.4) is 0 Å². The van der Waals surface area contributed by atoms with Crippen molar-refractivity contribution in [3.05, 3.63) is 131 Å². The molecule has 0 radical (unpaired) electrons. The first-order valence-electron chi connectivity index (χ1n) is 12.0. The van der Waals surface area contributed by atoms with Crippen LogP contribution in [0.5, 0.6) is 0 Å². The molecule has 5 rings (SSSR count). The summed E-state index contributed by atoms with van der Waals surface area (Å²) in [4.78, 5) is 24.5. The van der Waals surface area contributed by atoms with E-state index >= 15 is 0 Å². The molecule has 1 amide bonds. The van der Waals surface area contributed by atoms with Gasteiger partial charge in [0.1, 0.15) is 12.6 Å². The van der Waals surface area contributed by atoms with Gasteiger partial charge in [-0.1, -0.05) is 103 Å². The number of nitrogens with one attached hydrogen (secondary N) is 1. The largest absolute Gasteiger partial charge is 0.480 e. The second-order valence-corrected chi connectivity index (χ2v) is 9.04. The van der Waals surface area contributed by atoms with Crippen LogP contribution in [0.25, 0.3) is 11.1 Å². The minimum atomic E-state index is -1.10. The Labute approximate surface area is 210 Å². The molecule has 0 fully saturated rings. The predicted octanol–water partition coefficient (Wildman–Crippen LogP) is 5.81. The number of carbonyl (C=O) groups excluding carboxylic acids is 1. The third kappa shape index (κ3) is 5.15. The van der Waals surface area contributed by atoms with Crippen molar-refractivity contribution < 1.29 is 19.4 Å². The van der Waals surface area contributed by atoms with Gasteiger partial charge < -0.3 is 15.2 Å². The summed E-state index contributed by atoms with van der Waals surface area (Å²) in [6.45, 7) is 0.139. The molecule has 4 aromatic carbocycles. The lowest BCUT2D eigenvalue weighted by atomic mass is 9.98. The van der Waals surface area contributed by atoms with E-state index in [-0.39, 0.29) is 18.9 Å². The normalized spacial score (nSPS) is 12.9. The zero-order chi connectivity index (χ0) is 24.9. The Balaban J connectivity index is 1.20. The van der Waals surface area contributed by atoms with E-state index in [0.717, 1.165) is 39.8 Å². The van der Waals surface area contributed by atoms with Crippen molar-refractivity contribution in [1.82, 2.24) is 5.32 Å². The monoisotopic (exact) mass is 477 g/mol. The summed E-state index contributed by atoms with van der Waals surface area (Å²) >= 11 is 0. The molecular weight excluding hydrogens is 450 g/mol. The van der Waals surface area contributed by atoms with Crippen molar-refractivity contribution in [3.63, 3.8) is 0 Å². The van der Waals surface area contributed by atoms with Crippen molar-refractivity contribution in [3.8, 4) is 11.1 Å². The highest BCUT2D eigenvalue weighted by molar-refractivity contribution is 5.81. The highest BCUT2D eigenvalue weighted by atomic mass is 16.5. The number of fused-ring (bicyclic) bond motifs is 3. The molecule has 5 heteroatoms. The Hall–Kier alpha value is -4.38. The Morgan fingerprint density at radius 2 is 1.25 bits per heavy atom. The van der Waals surface area contributed by atoms with E-state index in [2.05, 4.69) is 29.6 Å². The summed E-state index contributed by atoms with van der Waals surface area (Å²) in [7, 11) is 0. The number of carboxylic acids is 1. The van der Waals surface area contributed by atoms with E-state index in [1.54, 1.807) is 0 Å². The predicted molar refractivity (Wildman–Crippen MR) is 139 cm³/mol. The molecule has 0 aromatic heterocycles. The average molecular weight is 478 g/mol. The number of aliphatic carboxylic acids is 1. The number of carboxylic acid groups (broad SMARTS) is 1. The van der Waals surface area contributed by atoms with Crippen LogP contribution in [0.4, 0.5) is 4.79 Å². The quantitative estimate of drug-likeness (QED) is 0.336. The Morgan fingerprint density at radius 1 is 0.722 bits per heavy atom. The molecule has 0 saturated heterocycles. The van der Waals surface area contributed by atoms with E-state index in [4.69, 9.17) is 4.74 Å². The zero-order valence-electron chi connectivity index (χ0n) is 19.8. The van der Waals surface area contributed by atoms with Gasteiger partial charge in [0.05, 0.1) is 0 Å². The SMILES string of the molecule is O=C(N[C@@H](Cc1ccc(Cc2ccccc2)cc1)C(=O)O)OCC1c2ccccc2-c2ccccc21. The number of alkyl carbamates (subject to hydrolysis) is 1. The lowest BCUT2D eigenvalue weighted by Gasteiger charge is -2.17. The molecule has 0 heterocycles. The van der Waals surface area contributed by atoms with Crippen LogP contribution >= 0.6 is 0 Å². The molecular formula is C31H27NO4. The summed E-state index contributed by atoms with van der Waals surface area (Å²) in [6.07, 6.45) is 0.247. The molecule has 0 bridgehead atoms. The second-order valence-electron chi connectivity index (χ2n) is 9.04. The van der Waals surface area contributed by atoms with Crippen LogP contribution in [0.1, 0.15) is 33.7 Å². The van der Waals surface area contributed by atoms with Gasteiger partial charge in [0.15, 0.2) is 0 Å². The van der Waals surface area contributed by atoms with Gasteiger partial charge >= 0.3 is 12.1 Å². The highest BCUT2D eigenvalue weighted by Gasteiger charge is 2.29. The first-order valence-corrected chi connectivity index (χ1v) is 12.0. The molecule has 0 saturated carbocycles. The van der Waals surface area contributed by atoms with Crippen molar-refractivity contribution >= 4 is 12.1 Å². The highest BCUT2D eigenvalue weighted by Crippen LogP contribution is 2.44. The zero-order valence-corrected chi connectivity index (χ0v) is 19.8. The van der Waals surface area contributed by atoms with Crippen LogP contribution in [0.15, 0.2) is 103 Å². The number of hydrogen-bond donors (Lipinski definition) is 2. The van der Waals surface area contributed by atoms with Gasteiger partial charge in [-0.05, 0) is 45.4 Å². The first kappa shape index (κ1) is 23.4. The molecule has 1 atom stereocenters. The molecule has 180 valence electrons. The van der Waals surface area contributed by atoms with E-state index < -0.39 is 18.1 Å². The average Bonchev–Trinajstić information content (AvgIpc) is 3.22. The maximum atomic E-state index is 12.6. The fraction of sp³-hybridized carbons (Fsp3) is 0.161. The van der Waals surface area contributed by atoms with E-state index in [1.165, 1.54) is 5.56 Å². The van der Waals surface area contributed by atoms with E-state index in [0.29, 0.717) is 0 Å². The number of rotatable bonds is 8. The Bertz CT molecular complexity index is 1320. The standard InChI is InChI=1S/C31H27NO4/c33-30(34)29(19-23-16-14-22(15-17-23)18-21-8-2-1-3-9-21)32-31(35)36-20-28-26-12-6-4-10-24(26)25-11-5-7-13-27(25)28/h1-17,28-29H,18-20H2,(H,32,35)(H,33,34)/t29-/m0/s1. The van der Waals surface area contributed by atoms with Gasteiger partial charge in [0.2, 0.25) is 0 Å². The fourth-order valence-corrected chi connectivity index (χ4v) is 4.84. The van der Waals surface area contributed by atoms with Crippen LogP contribution < -0.4 is 5.32 Å². The molecule has 1 aliphatic carbocycles. The number of carbonyl (C=O) groups is 2. The molecule has 2 N–H and O–H groups in total. The van der Waals surface area contributed by atoms with Crippen molar-refractivity contribution in [2.75, 3.05) is 6.61 Å². The third-order valence-corrected chi connectivity index (χ3v) is 6.65. The number of hydrogen-bond acceptors (Lipinski definition) is 3. The van der Waals surface area contributed by atoms with Gasteiger partial charge in [0.25, 0.3) is 0 Å². The number of ether oxygens (including phenoxy) is 1. The maximum Gasteiger partial charge on any atom is 0.407 e. The van der Waals surface area contributed by atoms with E-state index in [9.17, 15) is 14.7 Å². The fourth-order valence-electron chi connectivity index (χ4n) is 4.84. The molecule has 36 heavy (non-hydrogen) atoms. The summed E-state index contributed by atoms with van der Waals surface area (Å²) in [5.41, 5.74) is 7.68. The van der Waals surface area contributed by atoms with Crippen molar-refractivity contribution in [1.29, 1.82) is 0 Å². The van der Waals surface area contributed by atoms with Crippen LogP contribution in [0, 0.1) is 0 Å². The van der Waals surface area contributed by atoms with E-state index in [1.807, 2.05) is 78.9 Å². The summed E-state index contributed by atoms with van der Waals surface area (Å²) in [5.74, 6) is -1.18. The lowest BCUT2D eigenvalue weighted by Crippen LogP contribution is -2.42. The summed E-state index contributed by atoms with van der Waals surface area (Å²) in [5, 5.41) is 12.2. The van der Waals surface area contributed by atoms with Crippen LogP contribution in [0.2, 0.25) is 0 Å². The summed E-state index contributed by atoms with van der Waals surface area (Å²) < 4.78 is 5.53. The van der Waals surface area contributed by atoms with Crippen molar-refractivity contribution in [2.45, 2.75) is 24.8 Å². The van der Waals surface area contributed by atoms with Gasteiger partial charge in [-0.2, -0.15) is 0 Å². The molecule has 0 aliphatic heterocycles. The molecule has 0 spiro atoms. The van der Waals surface area contributed by atoms with Gasteiger partial charge in [-0.3, -0.25) is 0 Å².